The van der Waals surface area contributed by atoms with Gasteiger partial charge in [-0.25, -0.2) is 0 Å². The van der Waals surface area contributed by atoms with E-state index in [4.69, 9.17) is 23.2 Å². The molecule has 2 rings (SSSR count). The monoisotopic (exact) mass is 480 g/mol. The number of carbonyl (C=O) groups is 2. The van der Waals surface area contributed by atoms with Gasteiger partial charge >= 0.3 is 0 Å². The van der Waals surface area contributed by atoms with Gasteiger partial charge in [0.05, 0.1) is 15.8 Å². The van der Waals surface area contributed by atoms with Crippen molar-refractivity contribution < 1.29 is 9.59 Å². The fourth-order valence-electron chi connectivity index (χ4n) is 3.12. The van der Waals surface area contributed by atoms with Crippen LogP contribution in [0.5, 0.6) is 0 Å². The molecule has 0 aliphatic heterocycles. The van der Waals surface area contributed by atoms with Crippen LogP contribution in [0.2, 0.25) is 10.0 Å². The highest BCUT2D eigenvalue weighted by Crippen LogP contribution is 2.24. The molecule has 0 saturated carbocycles. The zero-order valence-electron chi connectivity index (χ0n) is 18.5. The highest BCUT2D eigenvalue weighted by atomic mass is 35.5. The van der Waals surface area contributed by atoms with Gasteiger partial charge in [-0.1, -0.05) is 66.5 Å². The van der Waals surface area contributed by atoms with Gasteiger partial charge < -0.3 is 10.2 Å². The van der Waals surface area contributed by atoms with Crippen molar-refractivity contribution in [1.82, 2.24) is 10.2 Å². The van der Waals surface area contributed by atoms with E-state index < -0.39 is 6.04 Å². The van der Waals surface area contributed by atoms with Crippen LogP contribution in [0.15, 0.2) is 48.5 Å². The summed E-state index contributed by atoms with van der Waals surface area (Å²) in [5.41, 5.74) is 1.61. The summed E-state index contributed by atoms with van der Waals surface area (Å²) in [6.07, 6.45) is 0.512. The summed E-state index contributed by atoms with van der Waals surface area (Å²) < 4.78 is 0. The van der Waals surface area contributed by atoms with E-state index in [0.717, 1.165) is 16.9 Å². The lowest BCUT2D eigenvalue weighted by Gasteiger charge is -2.33. The molecule has 2 amide bonds. The van der Waals surface area contributed by atoms with Gasteiger partial charge in [0, 0.05) is 17.8 Å². The van der Waals surface area contributed by atoms with Gasteiger partial charge in [0.15, 0.2) is 0 Å². The maximum absolute atomic E-state index is 13.2. The van der Waals surface area contributed by atoms with Crippen LogP contribution >= 0.6 is 35.0 Å². The standard InChI is InChI=1S/C24H30Cl2N2O2S/c1-5-21(23(30)27-24(2,3)4)28(14-18-11-12-19(25)20(26)13-18)22(29)16-31-15-17-9-7-6-8-10-17/h6-13,21H,5,14-16H2,1-4H3,(H,27,30). The fourth-order valence-corrected chi connectivity index (χ4v) is 4.31. The molecule has 1 N–H and O–H groups in total. The van der Waals surface area contributed by atoms with Crippen LogP contribution in [-0.2, 0) is 21.9 Å². The Morgan fingerprint density at radius 3 is 2.29 bits per heavy atom. The number of halogens is 2. The highest BCUT2D eigenvalue weighted by Gasteiger charge is 2.30. The van der Waals surface area contributed by atoms with E-state index in [9.17, 15) is 9.59 Å². The minimum absolute atomic E-state index is 0.0806. The van der Waals surface area contributed by atoms with E-state index >= 15 is 0 Å². The third-order valence-electron chi connectivity index (χ3n) is 4.56. The number of carbonyl (C=O) groups excluding carboxylic acids is 2. The van der Waals surface area contributed by atoms with Crippen molar-refractivity contribution in [3.8, 4) is 0 Å². The van der Waals surface area contributed by atoms with Crippen LogP contribution in [0.1, 0.15) is 45.2 Å². The summed E-state index contributed by atoms with van der Waals surface area (Å²) in [5.74, 6) is 0.785. The molecule has 168 valence electrons. The Balaban J connectivity index is 2.19. The van der Waals surface area contributed by atoms with Gasteiger partial charge in [-0.2, -0.15) is 0 Å². The van der Waals surface area contributed by atoms with Crippen LogP contribution in [0.4, 0.5) is 0 Å². The summed E-state index contributed by atoms with van der Waals surface area (Å²) >= 11 is 13.8. The molecule has 0 aromatic heterocycles. The first-order valence-electron chi connectivity index (χ1n) is 10.3. The number of amides is 2. The highest BCUT2D eigenvalue weighted by molar-refractivity contribution is 7.99. The molecule has 0 bridgehead atoms. The van der Waals surface area contributed by atoms with E-state index in [1.54, 1.807) is 28.8 Å². The first kappa shape index (κ1) is 25.6. The maximum Gasteiger partial charge on any atom is 0.243 e. The second-order valence-electron chi connectivity index (χ2n) is 8.41. The SMILES string of the molecule is CCC(C(=O)NC(C)(C)C)N(Cc1ccc(Cl)c(Cl)c1)C(=O)CSCc1ccccc1. The lowest BCUT2D eigenvalue weighted by atomic mass is 10.1. The zero-order chi connectivity index (χ0) is 23.0. The number of thioether (sulfide) groups is 1. The largest absolute Gasteiger partial charge is 0.350 e. The Bertz CT molecular complexity index is 885. The Kier molecular flexibility index (Phi) is 9.73. The summed E-state index contributed by atoms with van der Waals surface area (Å²) in [7, 11) is 0. The predicted molar refractivity (Wildman–Crippen MR) is 132 cm³/mol. The summed E-state index contributed by atoms with van der Waals surface area (Å²) in [4.78, 5) is 27.9. The van der Waals surface area contributed by atoms with E-state index in [1.165, 1.54) is 0 Å². The Hall–Kier alpha value is -1.69. The van der Waals surface area contributed by atoms with Crippen LogP contribution in [0.25, 0.3) is 0 Å². The number of rotatable bonds is 9. The second kappa shape index (κ2) is 11.8. The van der Waals surface area contributed by atoms with Gasteiger partial charge in [0.1, 0.15) is 6.04 Å². The van der Waals surface area contributed by atoms with Crippen molar-refractivity contribution in [2.24, 2.45) is 0 Å². The molecule has 31 heavy (non-hydrogen) atoms. The lowest BCUT2D eigenvalue weighted by Crippen LogP contribution is -2.53. The first-order chi connectivity index (χ1) is 14.6. The number of hydrogen-bond donors (Lipinski definition) is 1. The van der Waals surface area contributed by atoms with Gasteiger partial charge in [-0.15, -0.1) is 11.8 Å². The van der Waals surface area contributed by atoms with Gasteiger partial charge in [-0.05, 0) is 50.5 Å². The van der Waals surface area contributed by atoms with E-state index in [1.807, 2.05) is 64.1 Å². The molecule has 2 aromatic rings. The quantitative estimate of drug-likeness (QED) is 0.482. The summed E-state index contributed by atoms with van der Waals surface area (Å²) in [6, 6.07) is 14.7. The Labute approximate surface area is 199 Å². The van der Waals surface area contributed by atoms with E-state index in [0.29, 0.717) is 16.5 Å². The average molecular weight is 481 g/mol. The molecule has 0 aliphatic carbocycles. The third-order valence-corrected chi connectivity index (χ3v) is 6.29. The number of nitrogens with one attached hydrogen (secondary N) is 1. The van der Waals surface area contributed by atoms with Crippen LogP contribution < -0.4 is 5.32 Å². The van der Waals surface area contributed by atoms with E-state index in [2.05, 4.69) is 5.32 Å². The van der Waals surface area contributed by atoms with Gasteiger partial charge in [0.25, 0.3) is 0 Å². The minimum atomic E-state index is -0.571. The zero-order valence-corrected chi connectivity index (χ0v) is 20.8. The molecular formula is C24H30Cl2N2O2S. The van der Waals surface area contributed by atoms with Gasteiger partial charge in [0.2, 0.25) is 11.8 Å². The Morgan fingerprint density at radius 1 is 1.03 bits per heavy atom. The molecule has 2 aromatic carbocycles. The van der Waals surface area contributed by atoms with Crippen molar-refractivity contribution in [1.29, 1.82) is 0 Å². The molecule has 0 heterocycles. The molecule has 0 spiro atoms. The number of benzene rings is 2. The van der Waals surface area contributed by atoms with Crippen LogP contribution in [-0.4, -0.2) is 34.0 Å². The summed E-state index contributed by atoms with van der Waals surface area (Å²) in [5, 5.41) is 3.89. The minimum Gasteiger partial charge on any atom is -0.350 e. The van der Waals surface area contributed by atoms with Crippen molar-refractivity contribution in [2.75, 3.05) is 5.75 Å². The van der Waals surface area contributed by atoms with Crippen LogP contribution in [0, 0.1) is 0 Å². The average Bonchev–Trinajstić information content (AvgIpc) is 2.70. The molecule has 0 radical (unpaired) electrons. The number of nitrogens with zero attached hydrogens (tertiary/aromatic N) is 1. The molecule has 1 atom stereocenters. The topological polar surface area (TPSA) is 49.4 Å². The normalized spacial score (nSPS) is 12.3. The third kappa shape index (κ3) is 8.40. The fraction of sp³-hybridized carbons (Fsp3) is 0.417. The first-order valence-corrected chi connectivity index (χ1v) is 12.2. The molecule has 4 nitrogen and oxygen atoms in total. The molecule has 0 saturated heterocycles. The van der Waals surface area contributed by atoms with Gasteiger partial charge in [-0.3, -0.25) is 9.59 Å². The molecule has 1 unspecified atom stereocenters. The van der Waals surface area contributed by atoms with Crippen molar-refractivity contribution >= 4 is 46.8 Å². The Morgan fingerprint density at radius 2 is 1.71 bits per heavy atom. The van der Waals surface area contributed by atoms with Crippen molar-refractivity contribution in [3.63, 3.8) is 0 Å². The van der Waals surface area contributed by atoms with Crippen molar-refractivity contribution in [2.45, 2.75) is 58.0 Å². The number of hydrogen-bond acceptors (Lipinski definition) is 3. The van der Waals surface area contributed by atoms with Crippen molar-refractivity contribution in [3.05, 3.63) is 69.7 Å². The van der Waals surface area contributed by atoms with E-state index in [-0.39, 0.29) is 29.7 Å². The molecule has 0 fully saturated rings. The lowest BCUT2D eigenvalue weighted by molar-refractivity contribution is -0.140. The van der Waals surface area contributed by atoms with Crippen LogP contribution in [0.3, 0.4) is 0 Å². The maximum atomic E-state index is 13.2. The summed E-state index contributed by atoms with van der Waals surface area (Å²) in [6.45, 7) is 7.99. The molecule has 0 aliphatic rings. The predicted octanol–water partition coefficient (Wildman–Crippen LogP) is 5.95. The molecular weight excluding hydrogens is 451 g/mol. The molecule has 7 heteroatoms. The smallest absolute Gasteiger partial charge is 0.243 e. The second-order valence-corrected chi connectivity index (χ2v) is 10.2.